The molecule has 5 nitrogen and oxygen atoms in total. The highest BCUT2D eigenvalue weighted by molar-refractivity contribution is 5.43. The summed E-state index contributed by atoms with van der Waals surface area (Å²) < 4.78 is 11.5. The Bertz CT molecular complexity index is 532. The third-order valence-corrected chi connectivity index (χ3v) is 5.29. The van der Waals surface area contributed by atoms with Gasteiger partial charge in [0, 0.05) is 25.7 Å². The Morgan fingerprint density at radius 3 is 2.60 bits per heavy atom. The van der Waals surface area contributed by atoms with Crippen molar-refractivity contribution in [3.05, 3.63) is 23.8 Å². The summed E-state index contributed by atoms with van der Waals surface area (Å²) in [4.78, 5) is 4.92. The van der Waals surface area contributed by atoms with E-state index in [0.717, 1.165) is 50.7 Å². The molecule has 5 heteroatoms. The summed E-state index contributed by atoms with van der Waals surface area (Å²) >= 11 is 0. The molecular weight excluding hydrogens is 314 g/mol. The van der Waals surface area contributed by atoms with Gasteiger partial charge in [0.25, 0.3) is 0 Å². The van der Waals surface area contributed by atoms with Gasteiger partial charge in [0.2, 0.25) is 0 Å². The first-order valence-corrected chi connectivity index (χ1v) is 9.74. The summed E-state index contributed by atoms with van der Waals surface area (Å²) in [6.45, 7) is 7.17. The largest absolute Gasteiger partial charge is 0.493 e. The lowest BCUT2D eigenvalue weighted by Crippen LogP contribution is -2.42. The highest BCUT2D eigenvalue weighted by Crippen LogP contribution is 2.29. The Morgan fingerprint density at radius 2 is 1.84 bits per heavy atom. The van der Waals surface area contributed by atoms with Crippen LogP contribution < -0.4 is 15.2 Å². The molecule has 1 aromatic carbocycles. The first kappa shape index (κ1) is 18.5. The molecule has 0 saturated carbocycles. The fraction of sp³-hybridized carbons (Fsp3) is 0.700. The van der Waals surface area contributed by atoms with Crippen molar-refractivity contribution < 1.29 is 9.47 Å². The van der Waals surface area contributed by atoms with E-state index in [1.165, 1.54) is 44.3 Å². The van der Waals surface area contributed by atoms with Crippen molar-refractivity contribution in [2.75, 3.05) is 46.4 Å². The molecule has 140 valence electrons. The van der Waals surface area contributed by atoms with Crippen molar-refractivity contribution in [3.63, 3.8) is 0 Å². The molecule has 2 aliphatic rings. The number of nitrogens with two attached hydrogens (primary N) is 1. The fourth-order valence-corrected chi connectivity index (χ4v) is 3.89. The van der Waals surface area contributed by atoms with Crippen LogP contribution in [0.25, 0.3) is 0 Å². The fourth-order valence-electron chi connectivity index (χ4n) is 3.89. The first-order chi connectivity index (χ1) is 12.2. The van der Waals surface area contributed by atoms with Crippen LogP contribution in [-0.4, -0.2) is 62.3 Å². The van der Waals surface area contributed by atoms with Crippen molar-refractivity contribution in [2.45, 2.75) is 44.7 Å². The third kappa shape index (κ3) is 5.59. The van der Waals surface area contributed by atoms with Gasteiger partial charge in [0.15, 0.2) is 11.5 Å². The maximum atomic E-state index is 6.08. The molecule has 0 aliphatic carbocycles. The van der Waals surface area contributed by atoms with Crippen LogP contribution >= 0.6 is 0 Å². The lowest BCUT2D eigenvalue weighted by Gasteiger charge is -2.30. The molecule has 2 saturated heterocycles. The average Bonchev–Trinajstić information content (AvgIpc) is 2.63. The van der Waals surface area contributed by atoms with E-state index in [0.29, 0.717) is 6.04 Å². The van der Waals surface area contributed by atoms with Crippen LogP contribution in [0.1, 0.15) is 37.7 Å². The Balaban J connectivity index is 1.51. The number of rotatable bonds is 7. The lowest BCUT2D eigenvalue weighted by molar-refractivity contribution is 0.180. The Labute approximate surface area is 152 Å². The normalized spacial score (nSPS) is 22.7. The van der Waals surface area contributed by atoms with Crippen molar-refractivity contribution in [1.29, 1.82) is 0 Å². The summed E-state index contributed by atoms with van der Waals surface area (Å²) in [5.41, 5.74) is 7.34. The van der Waals surface area contributed by atoms with Crippen LogP contribution in [0.3, 0.4) is 0 Å². The zero-order chi connectivity index (χ0) is 17.5. The van der Waals surface area contributed by atoms with Crippen molar-refractivity contribution >= 4 is 0 Å². The zero-order valence-electron chi connectivity index (χ0n) is 15.6. The smallest absolute Gasteiger partial charge is 0.161 e. The van der Waals surface area contributed by atoms with E-state index in [1.807, 2.05) is 6.07 Å². The molecule has 0 bridgehead atoms. The molecule has 2 aliphatic heterocycles. The Hall–Kier alpha value is -1.30. The summed E-state index contributed by atoms with van der Waals surface area (Å²) in [6, 6.07) is 6.62. The minimum atomic E-state index is 0.313. The molecular formula is C20H33N3O2. The minimum absolute atomic E-state index is 0.313. The van der Waals surface area contributed by atoms with E-state index in [4.69, 9.17) is 15.2 Å². The van der Waals surface area contributed by atoms with Gasteiger partial charge < -0.3 is 15.2 Å². The van der Waals surface area contributed by atoms with Gasteiger partial charge in [-0.2, -0.15) is 0 Å². The van der Waals surface area contributed by atoms with Crippen LogP contribution in [0, 0.1) is 0 Å². The molecule has 2 heterocycles. The van der Waals surface area contributed by atoms with E-state index >= 15 is 0 Å². The Kier molecular flexibility index (Phi) is 6.96. The number of piperidine rings is 2. The lowest BCUT2D eigenvalue weighted by atomic mass is 10.1. The molecule has 1 aromatic rings. The van der Waals surface area contributed by atoms with Gasteiger partial charge in [-0.15, -0.1) is 0 Å². The minimum Gasteiger partial charge on any atom is -0.493 e. The molecule has 2 fully saturated rings. The van der Waals surface area contributed by atoms with Gasteiger partial charge in [-0.3, -0.25) is 9.80 Å². The molecule has 0 spiro atoms. The van der Waals surface area contributed by atoms with E-state index in [9.17, 15) is 0 Å². The van der Waals surface area contributed by atoms with E-state index in [-0.39, 0.29) is 0 Å². The van der Waals surface area contributed by atoms with Gasteiger partial charge in [-0.1, -0.05) is 12.5 Å². The van der Waals surface area contributed by atoms with Gasteiger partial charge in [0.05, 0.1) is 7.11 Å². The van der Waals surface area contributed by atoms with E-state index < -0.39 is 0 Å². The van der Waals surface area contributed by atoms with Crippen molar-refractivity contribution in [3.8, 4) is 11.5 Å². The van der Waals surface area contributed by atoms with E-state index in [2.05, 4.69) is 21.9 Å². The second-order valence-corrected chi connectivity index (χ2v) is 7.37. The number of hydrogen-bond acceptors (Lipinski definition) is 5. The molecule has 1 atom stereocenters. The standard InChI is InChI=1S/C20H33N3O2/c1-24-20-14-17(15-23-11-5-6-18(21)16-23)7-8-19(20)25-13-12-22-9-3-2-4-10-22/h7-8,14,18H,2-6,9-13,15-16,21H2,1H3. The SMILES string of the molecule is COc1cc(CN2CCCC(N)C2)ccc1OCCN1CCCCC1. The number of hydrogen-bond donors (Lipinski definition) is 1. The number of ether oxygens (including phenoxy) is 2. The first-order valence-electron chi connectivity index (χ1n) is 9.74. The summed E-state index contributed by atoms with van der Waals surface area (Å²) in [5.74, 6) is 1.68. The monoisotopic (exact) mass is 347 g/mol. The molecule has 25 heavy (non-hydrogen) atoms. The van der Waals surface area contributed by atoms with Crippen LogP contribution in [0.5, 0.6) is 11.5 Å². The van der Waals surface area contributed by atoms with Gasteiger partial charge in [0.1, 0.15) is 6.61 Å². The number of benzene rings is 1. The molecule has 3 rings (SSSR count). The second kappa shape index (κ2) is 9.41. The highest BCUT2D eigenvalue weighted by atomic mass is 16.5. The van der Waals surface area contributed by atoms with Crippen molar-refractivity contribution in [1.82, 2.24) is 9.80 Å². The predicted molar refractivity (Wildman–Crippen MR) is 101 cm³/mol. The molecule has 2 N–H and O–H groups in total. The molecule has 1 unspecified atom stereocenters. The maximum absolute atomic E-state index is 6.08. The number of likely N-dealkylation sites (tertiary alicyclic amines) is 2. The molecule has 0 radical (unpaired) electrons. The second-order valence-electron chi connectivity index (χ2n) is 7.37. The van der Waals surface area contributed by atoms with Crippen LogP contribution in [0.4, 0.5) is 0 Å². The third-order valence-electron chi connectivity index (χ3n) is 5.29. The summed E-state index contributed by atoms with van der Waals surface area (Å²) in [6.07, 6.45) is 6.34. The van der Waals surface area contributed by atoms with E-state index in [1.54, 1.807) is 7.11 Å². The summed E-state index contributed by atoms with van der Waals surface area (Å²) in [7, 11) is 1.72. The van der Waals surface area contributed by atoms with Crippen molar-refractivity contribution in [2.24, 2.45) is 5.73 Å². The number of methoxy groups -OCH3 is 1. The Morgan fingerprint density at radius 1 is 1.04 bits per heavy atom. The topological polar surface area (TPSA) is 51.0 Å². The van der Waals surface area contributed by atoms with Crippen LogP contribution in [-0.2, 0) is 6.54 Å². The molecule has 0 aromatic heterocycles. The quantitative estimate of drug-likeness (QED) is 0.821. The average molecular weight is 348 g/mol. The van der Waals surface area contributed by atoms with Gasteiger partial charge in [-0.25, -0.2) is 0 Å². The maximum Gasteiger partial charge on any atom is 0.161 e. The van der Waals surface area contributed by atoms with Crippen LogP contribution in [0.2, 0.25) is 0 Å². The number of nitrogens with zero attached hydrogens (tertiary/aromatic N) is 2. The van der Waals surface area contributed by atoms with Gasteiger partial charge in [-0.05, 0) is 63.0 Å². The van der Waals surface area contributed by atoms with Crippen LogP contribution in [0.15, 0.2) is 18.2 Å². The van der Waals surface area contributed by atoms with Gasteiger partial charge >= 0.3 is 0 Å². The summed E-state index contributed by atoms with van der Waals surface area (Å²) in [5, 5.41) is 0. The molecule has 0 amide bonds. The zero-order valence-corrected chi connectivity index (χ0v) is 15.6. The highest BCUT2D eigenvalue weighted by Gasteiger charge is 2.17. The predicted octanol–water partition coefficient (Wildman–Crippen LogP) is 2.48.